The van der Waals surface area contributed by atoms with E-state index in [4.69, 9.17) is 4.74 Å². The first-order chi connectivity index (χ1) is 11.8. The number of anilines is 1. The van der Waals surface area contributed by atoms with Crippen LogP contribution in [0.1, 0.15) is 11.1 Å². The van der Waals surface area contributed by atoms with Crippen LogP contribution in [-0.2, 0) is 17.5 Å². The third-order valence-corrected chi connectivity index (χ3v) is 3.69. The van der Waals surface area contributed by atoms with Crippen molar-refractivity contribution in [2.75, 3.05) is 11.5 Å². The quantitative estimate of drug-likeness (QED) is 0.626. The normalized spacial score (nSPS) is 14.0. The standard InChI is InChI=1S/C16H11F3N2O4/c17-16(18,19)11-3-1-2-10(6-11)8-20-13-5-4-12(21(23)24)7-14(13)25-9-15(20)22/h1-7H,8-9H2. The summed E-state index contributed by atoms with van der Waals surface area (Å²) in [5.41, 5.74) is -0.449. The molecule has 2 aromatic rings. The van der Waals surface area contributed by atoms with Crippen molar-refractivity contribution in [2.24, 2.45) is 0 Å². The van der Waals surface area contributed by atoms with Crippen molar-refractivity contribution in [3.8, 4) is 5.75 Å². The summed E-state index contributed by atoms with van der Waals surface area (Å²) >= 11 is 0. The van der Waals surface area contributed by atoms with Gasteiger partial charge in [-0.25, -0.2) is 0 Å². The van der Waals surface area contributed by atoms with E-state index in [1.807, 2.05) is 0 Å². The lowest BCUT2D eigenvalue weighted by atomic mass is 10.1. The Morgan fingerprint density at radius 3 is 2.64 bits per heavy atom. The van der Waals surface area contributed by atoms with E-state index in [-0.39, 0.29) is 35.8 Å². The Hall–Kier alpha value is -3.10. The molecule has 1 aliphatic rings. The fourth-order valence-corrected chi connectivity index (χ4v) is 2.51. The summed E-state index contributed by atoms with van der Waals surface area (Å²) in [7, 11) is 0. The van der Waals surface area contributed by atoms with Crippen molar-refractivity contribution in [2.45, 2.75) is 12.7 Å². The molecule has 0 aromatic heterocycles. The van der Waals surface area contributed by atoms with Crippen molar-refractivity contribution < 1.29 is 27.6 Å². The highest BCUT2D eigenvalue weighted by Crippen LogP contribution is 2.36. The molecule has 1 amide bonds. The number of alkyl halides is 3. The van der Waals surface area contributed by atoms with Gasteiger partial charge in [0.1, 0.15) is 0 Å². The van der Waals surface area contributed by atoms with Crippen molar-refractivity contribution in [1.82, 2.24) is 0 Å². The number of halogens is 3. The van der Waals surface area contributed by atoms with E-state index in [1.165, 1.54) is 35.2 Å². The van der Waals surface area contributed by atoms with Gasteiger partial charge in [0.15, 0.2) is 12.4 Å². The number of nitro benzene ring substituents is 1. The number of ether oxygens (including phenoxy) is 1. The zero-order chi connectivity index (χ0) is 18.2. The second-order valence-corrected chi connectivity index (χ2v) is 5.38. The maximum Gasteiger partial charge on any atom is 0.416 e. The highest BCUT2D eigenvalue weighted by Gasteiger charge is 2.31. The lowest BCUT2D eigenvalue weighted by molar-refractivity contribution is -0.384. The molecule has 0 radical (unpaired) electrons. The third kappa shape index (κ3) is 3.39. The minimum Gasteiger partial charge on any atom is -0.481 e. The van der Waals surface area contributed by atoms with Gasteiger partial charge in [0, 0.05) is 6.07 Å². The van der Waals surface area contributed by atoms with Crippen LogP contribution in [0.3, 0.4) is 0 Å². The van der Waals surface area contributed by atoms with E-state index in [1.54, 1.807) is 0 Å². The van der Waals surface area contributed by atoms with Crippen LogP contribution in [-0.4, -0.2) is 17.4 Å². The molecule has 0 atom stereocenters. The Morgan fingerprint density at radius 1 is 1.20 bits per heavy atom. The van der Waals surface area contributed by atoms with Gasteiger partial charge >= 0.3 is 6.18 Å². The number of benzene rings is 2. The Kier molecular flexibility index (Phi) is 4.07. The molecule has 0 saturated heterocycles. The lowest BCUT2D eigenvalue weighted by Gasteiger charge is -2.29. The van der Waals surface area contributed by atoms with E-state index in [9.17, 15) is 28.1 Å². The van der Waals surface area contributed by atoms with Crippen LogP contribution in [0.4, 0.5) is 24.5 Å². The molecule has 0 N–H and O–H groups in total. The van der Waals surface area contributed by atoms with Gasteiger partial charge < -0.3 is 9.64 Å². The van der Waals surface area contributed by atoms with Gasteiger partial charge in [-0.2, -0.15) is 13.2 Å². The van der Waals surface area contributed by atoms with E-state index in [2.05, 4.69) is 0 Å². The number of amides is 1. The largest absolute Gasteiger partial charge is 0.481 e. The van der Waals surface area contributed by atoms with Gasteiger partial charge in [0.05, 0.1) is 28.8 Å². The third-order valence-electron chi connectivity index (χ3n) is 3.69. The van der Waals surface area contributed by atoms with E-state index in [0.717, 1.165) is 12.1 Å². The summed E-state index contributed by atoms with van der Waals surface area (Å²) in [5, 5.41) is 10.8. The topological polar surface area (TPSA) is 72.7 Å². The molecular formula is C16H11F3N2O4. The van der Waals surface area contributed by atoms with Crippen molar-refractivity contribution in [3.05, 3.63) is 63.7 Å². The van der Waals surface area contributed by atoms with Crippen LogP contribution in [0, 0.1) is 10.1 Å². The Labute approximate surface area is 139 Å². The van der Waals surface area contributed by atoms with Gasteiger partial charge in [0.25, 0.3) is 11.6 Å². The number of hydrogen-bond acceptors (Lipinski definition) is 4. The monoisotopic (exact) mass is 352 g/mol. The molecule has 0 spiro atoms. The Balaban J connectivity index is 1.93. The first kappa shape index (κ1) is 16.7. The number of non-ortho nitro benzene ring substituents is 1. The van der Waals surface area contributed by atoms with Crippen LogP contribution < -0.4 is 9.64 Å². The molecule has 6 nitrogen and oxygen atoms in total. The van der Waals surface area contributed by atoms with Gasteiger partial charge in [0.2, 0.25) is 0 Å². The van der Waals surface area contributed by atoms with Gasteiger partial charge in [-0.05, 0) is 23.8 Å². The molecule has 0 saturated carbocycles. The Bertz CT molecular complexity index is 852. The predicted octanol–water partition coefficient (Wildman–Crippen LogP) is 3.54. The van der Waals surface area contributed by atoms with Crippen LogP contribution in [0.15, 0.2) is 42.5 Å². The molecule has 25 heavy (non-hydrogen) atoms. The summed E-state index contributed by atoms with van der Waals surface area (Å²) in [6.45, 7) is -0.440. The molecule has 130 valence electrons. The fraction of sp³-hybridized carbons (Fsp3) is 0.188. The number of carbonyl (C=O) groups excluding carboxylic acids is 1. The van der Waals surface area contributed by atoms with Crippen LogP contribution >= 0.6 is 0 Å². The first-order valence-electron chi connectivity index (χ1n) is 7.13. The maximum absolute atomic E-state index is 12.8. The highest BCUT2D eigenvalue weighted by molar-refractivity contribution is 5.98. The molecule has 0 bridgehead atoms. The average Bonchev–Trinajstić information content (AvgIpc) is 2.56. The number of carbonyl (C=O) groups is 1. The molecule has 0 fully saturated rings. The molecule has 9 heteroatoms. The smallest absolute Gasteiger partial charge is 0.416 e. The van der Waals surface area contributed by atoms with Gasteiger partial charge in [-0.1, -0.05) is 12.1 Å². The predicted molar refractivity (Wildman–Crippen MR) is 81.2 cm³/mol. The van der Waals surface area contributed by atoms with Crippen molar-refractivity contribution >= 4 is 17.3 Å². The van der Waals surface area contributed by atoms with E-state index >= 15 is 0 Å². The number of hydrogen-bond donors (Lipinski definition) is 0. The van der Waals surface area contributed by atoms with Gasteiger partial charge in [-0.15, -0.1) is 0 Å². The Morgan fingerprint density at radius 2 is 1.96 bits per heavy atom. The average molecular weight is 352 g/mol. The summed E-state index contributed by atoms with van der Waals surface area (Å²) in [6.07, 6.45) is -4.48. The number of fused-ring (bicyclic) bond motifs is 1. The zero-order valence-electron chi connectivity index (χ0n) is 12.6. The molecule has 1 heterocycles. The molecule has 3 rings (SSSR count). The second-order valence-electron chi connectivity index (χ2n) is 5.38. The molecule has 2 aromatic carbocycles. The van der Waals surface area contributed by atoms with Gasteiger partial charge in [-0.3, -0.25) is 14.9 Å². The van der Waals surface area contributed by atoms with Crippen molar-refractivity contribution in [3.63, 3.8) is 0 Å². The minimum atomic E-state index is -4.48. The van der Waals surface area contributed by atoms with Crippen LogP contribution in [0.2, 0.25) is 0 Å². The maximum atomic E-state index is 12.8. The zero-order valence-corrected chi connectivity index (χ0v) is 12.6. The minimum absolute atomic E-state index is 0.100. The highest BCUT2D eigenvalue weighted by atomic mass is 19.4. The first-order valence-corrected chi connectivity index (χ1v) is 7.13. The molecule has 1 aliphatic heterocycles. The molecule has 0 aliphatic carbocycles. The molecular weight excluding hydrogens is 341 g/mol. The van der Waals surface area contributed by atoms with E-state index in [0.29, 0.717) is 0 Å². The number of nitro groups is 1. The van der Waals surface area contributed by atoms with Crippen molar-refractivity contribution in [1.29, 1.82) is 0 Å². The summed E-state index contributed by atoms with van der Waals surface area (Å²) in [4.78, 5) is 23.6. The van der Waals surface area contributed by atoms with E-state index < -0.39 is 22.6 Å². The van der Waals surface area contributed by atoms with Crippen LogP contribution in [0.5, 0.6) is 5.75 Å². The summed E-state index contributed by atoms with van der Waals surface area (Å²) < 4.78 is 43.7. The van der Waals surface area contributed by atoms with Crippen LogP contribution in [0.25, 0.3) is 0 Å². The lowest BCUT2D eigenvalue weighted by Crippen LogP contribution is -2.38. The fourth-order valence-electron chi connectivity index (χ4n) is 2.51. The molecule has 0 unspecified atom stereocenters. The summed E-state index contributed by atoms with van der Waals surface area (Å²) in [6, 6.07) is 8.39. The summed E-state index contributed by atoms with van der Waals surface area (Å²) in [5.74, 6) is -0.306. The number of nitrogens with zero attached hydrogens (tertiary/aromatic N) is 2. The SMILES string of the molecule is O=C1COc2cc([N+](=O)[O-])ccc2N1Cc1cccc(C(F)(F)F)c1. The second kappa shape index (κ2) is 6.08. The number of rotatable bonds is 3.